The lowest BCUT2D eigenvalue weighted by Gasteiger charge is -2.18. The molecule has 0 aromatic rings. The summed E-state index contributed by atoms with van der Waals surface area (Å²) in [6.45, 7) is 1.17. The summed E-state index contributed by atoms with van der Waals surface area (Å²) in [6.07, 6.45) is 2.17. The van der Waals surface area contributed by atoms with Crippen molar-refractivity contribution in [2.45, 2.75) is 18.9 Å². The van der Waals surface area contributed by atoms with Gasteiger partial charge in [-0.1, -0.05) is 0 Å². The van der Waals surface area contributed by atoms with Gasteiger partial charge in [-0.25, -0.2) is 0 Å². The second-order valence-electron chi connectivity index (χ2n) is 3.42. The smallest absolute Gasteiger partial charge is 0.345 e. The minimum absolute atomic E-state index is 0. The van der Waals surface area contributed by atoms with E-state index in [4.69, 9.17) is 10.8 Å². The number of hydrogen-bond donors (Lipinski definition) is 2. The average Bonchev–Trinajstić information content (AvgIpc) is 2.49. The Morgan fingerprint density at radius 1 is 1.62 bits per heavy atom. The molecular weight excluding hydrogens is 281 g/mol. The van der Waals surface area contributed by atoms with Gasteiger partial charge in [0.25, 0.3) is 0 Å². The average molecular weight is 299 g/mol. The van der Waals surface area contributed by atoms with Crippen molar-refractivity contribution in [1.82, 2.24) is 4.90 Å². The standard InChI is InChI=1S/C8H17N3O.HI/c1-10(2)8(9)11-5-3-4-7(11)6-12;/h7,9,12H,3-6H2,1-2H3;1H/t7-;/m0./s1. The molecule has 5 heteroatoms. The van der Waals surface area contributed by atoms with Crippen molar-refractivity contribution in [3.63, 3.8) is 0 Å². The van der Waals surface area contributed by atoms with Crippen molar-refractivity contribution in [2.75, 3.05) is 27.2 Å². The van der Waals surface area contributed by atoms with E-state index in [0.717, 1.165) is 25.3 Å². The fourth-order valence-electron chi connectivity index (χ4n) is 1.58. The molecule has 78 valence electrons. The van der Waals surface area contributed by atoms with Crippen molar-refractivity contribution in [3.8, 4) is 0 Å². The van der Waals surface area contributed by atoms with Gasteiger partial charge in [0, 0.05) is 0 Å². The third-order valence-electron chi connectivity index (χ3n) is 2.34. The molecule has 0 radical (unpaired) electrons. The van der Waals surface area contributed by atoms with Crippen LogP contribution in [0.2, 0.25) is 0 Å². The molecule has 0 bridgehead atoms. The molecule has 4 nitrogen and oxygen atoms in total. The van der Waals surface area contributed by atoms with Gasteiger partial charge in [0.1, 0.15) is 6.04 Å². The summed E-state index contributed by atoms with van der Waals surface area (Å²) in [5.41, 5.74) is 5.85. The fourth-order valence-corrected chi connectivity index (χ4v) is 1.58. The molecule has 0 aromatic carbocycles. The normalized spacial score (nSPS) is 21.2. The van der Waals surface area contributed by atoms with Gasteiger partial charge < -0.3 is 29.1 Å². The molecule has 1 atom stereocenters. The van der Waals surface area contributed by atoms with Gasteiger partial charge in [-0.2, -0.15) is 0 Å². The van der Waals surface area contributed by atoms with Crippen LogP contribution in [0.5, 0.6) is 0 Å². The van der Waals surface area contributed by atoms with Crippen LogP contribution in [0, 0.1) is 0 Å². The first-order valence-electron chi connectivity index (χ1n) is 4.34. The second kappa shape index (κ2) is 5.64. The largest absolute Gasteiger partial charge is 1.00 e. The molecule has 13 heavy (non-hydrogen) atoms. The van der Waals surface area contributed by atoms with Crippen LogP contribution in [-0.4, -0.2) is 53.8 Å². The number of aliphatic hydroxyl groups excluding tert-OH is 1. The van der Waals surface area contributed by atoms with E-state index in [2.05, 4.69) is 4.90 Å². The molecule has 1 saturated heterocycles. The Labute approximate surface area is 96.4 Å². The molecule has 1 rings (SSSR count). The number of guanidine groups is 1. The van der Waals surface area contributed by atoms with Crippen LogP contribution in [0.1, 0.15) is 12.8 Å². The first-order chi connectivity index (χ1) is 5.66. The third kappa shape index (κ3) is 2.98. The molecule has 0 amide bonds. The van der Waals surface area contributed by atoms with Crippen LogP contribution in [0.4, 0.5) is 0 Å². The lowest BCUT2D eigenvalue weighted by molar-refractivity contribution is -0.471. The summed E-state index contributed by atoms with van der Waals surface area (Å²) in [4.78, 5) is 2.07. The minimum Gasteiger partial charge on any atom is -1.00 e. The van der Waals surface area contributed by atoms with Crippen molar-refractivity contribution in [3.05, 3.63) is 0 Å². The van der Waals surface area contributed by atoms with Crippen molar-refractivity contribution in [1.29, 1.82) is 0 Å². The number of halogens is 1. The second-order valence-corrected chi connectivity index (χ2v) is 3.42. The van der Waals surface area contributed by atoms with Crippen molar-refractivity contribution >= 4 is 5.96 Å². The minimum atomic E-state index is 0. The summed E-state index contributed by atoms with van der Waals surface area (Å²) in [6, 6.07) is 0.229. The maximum absolute atomic E-state index is 9.04. The van der Waals surface area contributed by atoms with Crippen LogP contribution in [0.3, 0.4) is 0 Å². The van der Waals surface area contributed by atoms with E-state index in [1.54, 1.807) is 0 Å². The molecule has 1 fully saturated rings. The third-order valence-corrected chi connectivity index (χ3v) is 2.34. The van der Waals surface area contributed by atoms with E-state index in [1.807, 2.05) is 18.7 Å². The Balaban J connectivity index is 0.00000144. The van der Waals surface area contributed by atoms with Gasteiger partial charge in [-0.05, 0) is 12.8 Å². The number of nitrogens with zero attached hydrogens (tertiary/aromatic N) is 2. The summed E-state index contributed by atoms with van der Waals surface area (Å²) in [5.74, 6) is 0.756. The zero-order valence-corrected chi connectivity index (χ0v) is 10.4. The van der Waals surface area contributed by atoms with Crippen LogP contribution < -0.4 is 29.7 Å². The fraction of sp³-hybridized carbons (Fsp3) is 0.875. The van der Waals surface area contributed by atoms with E-state index in [0.29, 0.717) is 0 Å². The first-order valence-corrected chi connectivity index (χ1v) is 4.34. The molecule has 1 heterocycles. The van der Waals surface area contributed by atoms with E-state index in [1.165, 1.54) is 0 Å². The van der Waals surface area contributed by atoms with E-state index < -0.39 is 0 Å². The van der Waals surface area contributed by atoms with Crippen LogP contribution in [0.25, 0.3) is 0 Å². The molecule has 1 aliphatic rings. The number of likely N-dealkylation sites (tertiary alicyclic amines) is 1. The maximum atomic E-state index is 9.04. The van der Waals surface area contributed by atoms with Crippen molar-refractivity contribution in [2.24, 2.45) is 5.73 Å². The SMILES string of the molecule is C[N+](C)=C(N)N1CCC[C@H]1CO.[I-]. The van der Waals surface area contributed by atoms with Crippen LogP contribution >= 0.6 is 0 Å². The summed E-state index contributed by atoms with van der Waals surface area (Å²) < 4.78 is 1.88. The highest BCUT2D eigenvalue weighted by molar-refractivity contribution is 5.73. The molecule has 3 N–H and O–H groups in total. The molecule has 0 spiro atoms. The Bertz CT molecular complexity index is 192. The highest BCUT2D eigenvalue weighted by Crippen LogP contribution is 2.15. The van der Waals surface area contributed by atoms with E-state index >= 15 is 0 Å². The van der Waals surface area contributed by atoms with E-state index in [9.17, 15) is 0 Å². The zero-order chi connectivity index (χ0) is 9.14. The number of hydrogen-bond acceptors (Lipinski definition) is 1. The van der Waals surface area contributed by atoms with Gasteiger partial charge in [-0.15, -0.1) is 0 Å². The number of aliphatic hydroxyl groups is 1. The van der Waals surface area contributed by atoms with Gasteiger partial charge >= 0.3 is 5.96 Å². The lowest BCUT2D eigenvalue weighted by atomic mass is 10.2. The summed E-state index contributed by atoms with van der Waals surface area (Å²) in [5, 5.41) is 9.04. The molecule has 0 unspecified atom stereocenters. The summed E-state index contributed by atoms with van der Waals surface area (Å²) >= 11 is 0. The highest BCUT2D eigenvalue weighted by atomic mass is 127. The zero-order valence-electron chi connectivity index (χ0n) is 8.20. The Kier molecular flexibility index (Phi) is 5.62. The number of nitrogens with two attached hydrogens (primary N) is 1. The molecular formula is C8H18IN3O. The molecule has 1 aliphatic heterocycles. The monoisotopic (exact) mass is 299 g/mol. The molecule has 0 saturated carbocycles. The topological polar surface area (TPSA) is 52.5 Å². The summed E-state index contributed by atoms with van der Waals surface area (Å²) in [7, 11) is 3.84. The van der Waals surface area contributed by atoms with Gasteiger partial charge in [0.15, 0.2) is 0 Å². The predicted molar refractivity (Wildman–Crippen MR) is 48.1 cm³/mol. The molecule has 0 aromatic heterocycles. The van der Waals surface area contributed by atoms with Gasteiger partial charge in [0.05, 0.1) is 27.2 Å². The van der Waals surface area contributed by atoms with Crippen LogP contribution in [0.15, 0.2) is 0 Å². The lowest BCUT2D eigenvalue weighted by Crippen LogP contribution is -3.00. The Morgan fingerprint density at radius 3 is 2.69 bits per heavy atom. The number of rotatable bonds is 1. The first kappa shape index (κ1) is 13.0. The van der Waals surface area contributed by atoms with Crippen molar-refractivity contribution < 1.29 is 33.7 Å². The highest BCUT2D eigenvalue weighted by Gasteiger charge is 2.30. The molecule has 0 aliphatic carbocycles. The predicted octanol–water partition coefficient (Wildman–Crippen LogP) is -3.97. The Hall–Kier alpha value is -0.0400. The van der Waals surface area contributed by atoms with Gasteiger partial charge in [0.2, 0.25) is 0 Å². The quantitative estimate of drug-likeness (QED) is 0.225. The van der Waals surface area contributed by atoms with Gasteiger partial charge in [-0.3, -0.25) is 15.2 Å². The Morgan fingerprint density at radius 2 is 2.23 bits per heavy atom. The maximum Gasteiger partial charge on any atom is 0.345 e. The van der Waals surface area contributed by atoms with Crippen LogP contribution in [-0.2, 0) is 0 Å². The van der Waals surface area contributed by atoms with E-state index in [-0.39, 0.29) is 36.6 Å².